The van der Waals surface area contributed by atoms with Gasteiger partial charge >= 0.3 is 5.97 Å². The molecular weight excluding hydrogens is 373 g/mol. The van der Waals surface area contributed by atoms with Crippen molar-refractivity contribution in [1.29, 1.82) is 0 Å². The zero-order valence-corrected chi connectivity index (χ0v) is 16.1. The summed E-state index contributed by atoms with van der Waals surface area (Å²) in [6.07, 6.45) is 3.44. The molecule has 0 amide bonds. The van der Waals surface area contributed by atoms with Gasteiger partial charge in [-0.3, -0.25) is 0 Å². The number of nitrogens with zero attached hydrogens (tertiary/aromatic N) is 4. The Morgan fingerprint density at radius 3 is 2.97 bits per heavy atom. The van der Waals surface area contributed by atoms with Crippen LogP contribution in [0.3, 0.4) is 0 Å². The van der Waals surface area contributed by atoms with Gasteiger partial charge < -0.3 is 14.3 Å². The summed E-state index contributed by atoms with van der Waals surface area (Å²) in [5, 5.41) is 0. The summed E-state index contributed by atoms with van der Waals surface area (Å²) < 4.78 is 20.8. The number of aromatic nitrogens is 5. The molecule has 4 rings (SSSR count). The van der Waals surface area contributed by atoms with Gasteiger partial charge in [-0.05, 0) is 37.3 Å². The Morgan fingerprint density at radius 2 is 2.14 bits per heavy atom. The van der Waals surface area contributed by atoms with Crippen molar-refractivity contribution in [3.63, 3.8) is 0 Å². The quantitative estimate of drug-likeness (QED) is 0.398. The Labute approximate surface area is 166 Å². The van der Waals surface area contributed by atoms with Gasteiger partial charge in [-0.25, -0.2) is 19.7 Å². The van der Waals surface area contributed by atoms with E-state index < -0.39 is 5.95 Å². The molecule has 3 aromatic heterocycles. The van der Waals surface area contributed by atoms with Gasteiger partial charge in [0, 0.05) is 24.9 Å². The molecule has 3 heterocycles. The van der Waals surface area contributed by atoms with E-state index in [9.17, 15) is 9.18 Å². The number of fused-ring (bicyclic) bond motifs is 1. The summed E-state index contributed by atoms with van der Waals surface area (Å²) in [4.78, 5) is 28.0. The molecule has 7 nitrogen and oxygen atoms in total. The van der Waals surface area contributed by atoms with Crippen LogP contribution < -0.4 is 0 Å². The molecule has 1 aromatic carbocycles. The number of aryl methyl sites for hydroxylation is 1. The summed E-state index contributed by atoms with van der Waals surface area (Å²) in [5.41, 5.74) is 2.55. The molecule has 29 heavy (non-hydrogen) atoms. The van der Waals surface area contributed by atoms with Crippen molar-refractivity contribution in [3.05, 3.63) is 66.1 Å². The standard InChI is InChI=1S/C21H20FN5O2/c1-13(11-27-9-8-23-20(27)17-4-3-5-19(22)26-17)12-29-21(28)15-6-7-16-18(10-15)25-14(2)24-16/h3-10,13H,11-12H2,1-2H3,(H,24,25). The molecule has 0 saturated carbocycles. The van der Waals surface area contributed by atoms with Gasteiger partial charge in [0.05, 0.1) is 23.2 Å². The molecular formula is C21H20FN5O2. The van der Waals surface area contributed by atoms with Crippen molar-refractivity contribution in [2.45, 2.75) is 20.4 Å². The van der Waals surface area contributed by atoms with Gasteiger partial charge in [-0.15, -0.1) is 0 Å². The average Bonchev–Trinajstić information content (AvgIpc) is 3.30. The van der Waals surface area contributed by atoms with E-state index in [1.165, 1.54) is 6.07 Å². The number of benzene rings is 1. The van der Waals surface area contributed by atoms with Crippen molar-refractivity contribution in [1.82, 2.24) is 24.5 Å². The topological polar surface area (TPSA) is 85.7 Å². The van der Waals surface area contributed by atoms with Gasteiger partial charge in [0.1, 0.15) is 11.5 Å². The largest absolute Gasteiger partial charge is 0.462 e. The Kier molecular flexibility index (Phi) is 5.07. The molecule has 0 fully saturated rings. The van der Waals surface area contributed by atoms with E-state index in [-0.39, 0.29) is 18.5 Å². The predicted octanol–water partition coefficient (Wildman–Crippen LogP) is 3.76. The van der Waals surface area contributed by atoms with Gasteiger partial charge in [0.25, 0.3) is 0 Å². The molecule has 148 valence electrons. The van der Waals surface area contributed by atoms with Crippen molar-refractivity contribution in [2.24, 2.45) is 5.92 Å². The van der Waals surface area contributed by atoms with Crippen LogP contribution in [0.1, 0.15) is 23.1 Å². The number of pyridine rings is 1. The van der Waals surface area contributed by atoms with E-state index in [1.807, 2.05) is 18.4 Å². The van der Waals surface area contributed by atoms with Gasteiger partial charge in [-0.1, -0.05) is 13.0 Å². The summed E-state index contributed by atoms with van der Waals surface area (Å²) in [6, 6.07) is 9.84. The smallest absolute Gasteiger partial charge is 0.338 e. The second-order valence-corrected chi connectivity index (χ2v) is 7.01. The van der Waals surface area contributed by atoms with E-state index in [1.54, 1.807) is 42.7 Å². The van der Waals surface area contributed by atoms with Crippen LogP contribution in [0.5, 0.6) is 0 Å². The summed E-state index contributed by atoms with van der Waals surface area (Å²) in [6.45, 7) is 4.63. The number of rotatable bonds is 6. The lowest BCUT2D eigenvalue weighted by molar-refractivity contribution is 0.0439. The van der Waals surface area contributed by atoms with Gasteiger partial charge in [0.15, 0.2) is 5.82 Å². The highest BCUT2D eigenvalue weighted by Crippen LogP contribution is 2.18. The molecule has 0 aliphatic heterocycles. The van der Waals surface area contributed by atoms with Crippen molar-refractivity contribution in [2.75, 3.05) is 6.61 Å². The molecule has 1 unspecified atom stereocenters. The summed E-state index contributed by atoms with van der Waals surface area (Å²) in [7, 11) is 0. The van der Waals surface area contributed by atoms with E-state index in [0.29, 0.717) is 23.6 Å². The Balaban J connectivity index is 1.39. The third-order valence-electron chi connectivity index (χ3n) is 4.50. The average molecular weight is 393 g/mol. The Hall–Kier alpha value is -3.55. The van der Waals surface area contributed by atoms with Crippen LogP contribution in [0.25, 0.3) is 22.6 Å². The number of aromatic amines is 1. The maximum Gasteiger partial charge on any atom is 0.338 e. The van der Waals surface area contributed by atoms with Crippen LogP contribution in [-0.4, -0.2) is 37.1 Å². The van der Waals surface area contributed by atoms with Crippen LogP contribution in [0.2, 0.25) is 0 Å². The number of nitrogens with one attached hydrogen (secondary N) is 1. The van der Waals surface area contributed by atoms with Crippen molar-refractivity contribution >= 4 is 17.0 Å². The lowest BCUT2D eigenvalue weighted by Crippen LogP contribution is -2.17. The van der Waals surface area contributed by atoms with Crippen LogP contribution in [-0.2, 0) is 11.3 Å². The number of halogens is 1. The SMILES string of the molecule is Cc1nc2ccc(C(=O)OCC(C)Cn3ccnc3-c3cccc(F)n3)cc2[nH]1. The van der Waals surface area contributed by atoms with Crippen molar-refractivity contribution < 1.29 is 13.9 Å². The van der Waals surface area contributed by atoms with E-state index in [0.717, 1.165) is 16.9 Å². The van der Waals surface area contributed by atoms with Gasteiger partial charge in [-0.2, -0.15) is 4.39 Å². The van der Waals surface area contributed by atoms with Crippen LogP contribution >= 0.6 is 0 Å². The highest BCUT2D eigenvalue weighted by molar-refractivity contribution is 5.93. The molecule has 1 atom stereocenters. The summed E-state index contributed by atoms with van der Waals surface area (Å²) >= 11 is 0. The third-order valence-corrected chi connectivity index (χ3v) is 4.50. The molecule has 8 heteroatoms. The Bertz CT molecular complexity index is 1170. The first-order chi connectivity index (χ1) is 14.0. The molecule has 4 aromatic rings. The second kappa shape index (κ2) is 7.83. The first-order valence-corrected chi connectivity index (χ1v) is 9.27. The molecule has 0 spiro atoms. The molecule has 0 aliphatic carbocycles. The number of ether oxygens (including phenoxy) is 1. The fourth-order valence-corrected chi connectivity index (χ4v) is 3.18. The molecule has 0 aliphatic rings. The molecule has 0 saturated heterocycles. The minimum atomic E-state index is -0.552. The highest BCUT2D eigenvalue weighted by Gasteiger charge is 2.14. The molecule has 0 radical (unpaired) electrons. The lowest BCUT2D eigenvalue weighted by Gasteiger charge is -2.15. The minimum absolute atomic E-state index is 0.0265. The predicted molar refractivity (Wildman–Crippen MR) is 106 cm³/mol. The number of hydrogen-bond acceptors (Lipinski definition) is 5. The monoisotopic (exact) mass is 393 g/mol. The van der Waals surface area contributed by atoms with E-state index in [4.69, 9.17) is 4.74 Å². The van der Waals surface area contributed by atoms with Crippen LogP contribution in [0, 0.1) is 18.8 Å². The lowest BCUT2D eigenvalue weighted by atomic mass is 10.2. The zero-order chi connectivity index (χ0) is 20.4. The number of esters is 1. The maximum absolute atomic E-state index is 13.4. The van der Waals surface area contributed by atoms with E-state index >= 15 is 0 Å². The van der Waals surface area contributed by atoms with E-state index in [2.05, 4.69) is 19.9 Å². The number of carbonyl (C=O) groups excluding carboxylic acids is 1. The summed E-state index contributed by atoms with van der Waals surface area (Å²) in [5.74, 6) is 0.455. The number of carbonyl (C=O) groups is 1. The first-order valence-electron chi connectivity index (χ1n) is 9.27. The fraction of sp³-hybridized carbons (Fsp3) is 0.238. The molecule has 1 N–H and O–H groups in total. The minimum Gasteiger partial charge on any atom is -0.462 e. The maximum atomic E-state index is 13.4. The third kappa shape index (κ3) is 4.16. The second-order valence-electron chi connectivity index (χ2n) is 7.01. The molecule has 0 bridgehead atoms. The fourth-order valence-electron chi connectivity index (χ4n) is 3.18. The zero-order valence-electron chi connectivity index (χ0n) is 16.1. The highest BCUT2D eigenvalue weighted by atomic mass is 19.1. The van der Waals surface area contributed by atoms with Crippen LogP contribution in [0.4, 0.5) is 4.39 Å². The first kappa shape index (κ1) is 18.8. The number of H-pyrrole nitrogens is 1. The Morgan fingerprint density at radius 1 is 1.28 bits per heavy atom. The van der Waals surface area contributed by atoms with Crippen molar-refractivity contribution in [3.8, 4) is 11.5 Å². The normalized spacial score (nSPS) is 12.2. The van der Waals surface area contributed by atoms with Crippen LogP contribution in [0.15, 0.2) is 48.8 Å². The number of hydrogen-bond donors (Lipinski definition) is 1. The van der Waals surface area contributed by atoms with Gasteiger partial charge in [0.2, 0.25) is 5.95 Å². The number of imidazole rings is 2.